The molecule has 16 bridgehead atoms. The van der Waals surface area contributed by atoms with Crippen LogP contribution in [0.5, 0.6) is 0 Å². The molecule has 0 amide bonds. The minimum atomic E-state index is -0.175. The Kier molecular flexibility index (Phi) is 20.1. The van der Waals surface area contributed by atoms with E-state index in [2.05, 4.69) is 263 Å². The summed E-state index contributed by atoms with van der Waals surface area (Å²) < 4.78 is 0. The Labute approximate surface area is 675 Å². The molecule has 11 aromatic rings. The molecule has 13 nitrogen and oxygen atoms in total. The van der Waals surface area contributed by atoms with E-state index in [1.54, 1.807) is 0 Å². The second kappa shape index (κ2) is 30.8. The molecular formula is C102H101N13. The van der Waals surface area contributed by atoms with Crippen LogP contribution in [-0.2, 0) is 19.3 Å². The van der Waals surface area contributed by atoms with Crippen molar-refractivity contribution in [2.24, 2.45) is 15.9 Å². The number of aromatic amines is 3. The Hall–Kier alpha value is -12.5. The van der Waals surface area contributed by atoms with Gasteiger partial charge in [0, 0.05) is 109 Å². The third-order valence-electron chi connectivity index (χ3n) is 25.2. The fourth-order valence-electron chi connectivity index (χ4n) is 19.1. The first-order valence-electron chi connectivity index (χ1n) is 41.5. The number of hydrogen-bond acceptors (Lipinski definition) is 10. The average Bonchev–Trinajstić information content (AvgIpc) is 1.60. The van der Waals surface area contributed by atoms with Gasteiger partial charge >= 0.3 is 0 Å². The van der Waals surface area contributed by atoms with E-state index in [0.29, 0.717) is 0 Å². The van der Waals surface area contributed by atoms with E-state index in [-0.39, 0.29) is 12.0 Å². The number of benzene rings is 3. The third kappa shape index (κ3) is 12.9. The van der Waals surface area contributed by atoms with Crippen LogP contribution in [0.25, 0.3) is 113 Å². The van der Waals surface area contributed by atoms with Crippen molar-refractivity contribution in [2.45, 2.75) is 168 Å². The standard InChI is InChI=1S/C102H101N13/c1-17-71-56(9)83-50-85-58(11)75(21-5)99(109-85)91(101-77(23-7)62(15)97(113-101)93(66-40-46-81(105-54-66)79-34-28-30-48-103-79)95-60(13)73(19-3)89(111-95)52-87(71)107-83)64-36-42-69(43-37-64)115(68-32-26-25-27-33-68)70-44-38-65(39-45-70)92-100-76(22-6)59(12)86(110-100)51-84-57(10)72(18-2)88(108-84)53-90-74(20-4)61(14)96(112-90)94(98-63(16)78(24-8)102(92)114-98)67-41-47-82(106-55-67)80-35-29-31-49-104-80/h25-55,77,101,107,110,112-113H,17-24H2,1-16H3/b83-50-,84-51?,86-51?,87-52-,88-53?,90-53?,95-93-,96-94?,98-94?,99-91-,100-92?,102-92?. The number of nitrogens with zero attached hydrogens (tertiary/aromatic N) is 9. The molecule has 2 unspecified atom stereocenters. The summed E-state index contributed by atoms with van der Waals surface area (Å²) in [6.07, 6.45) is 18.9. The molecule has 574 valence electrons. The largest absolute Gasteiger partial charge is 0.377 e. The smallest absolute Gasteiger partial charge is 0.0886 e. The maximum atomic E-state index is 6.05. The molecule has 17 rings (SSSR count). The predicted octanol–water partition coefficient (Wildman–Crippen LogP) is 23.7. The van der Waals surface area contributed by atoms with E-state index in [4.69, 9.17) is 39.9 Å². The number of aromatic nitrogens is 9. The molecule has 14 heterocycles. The monoisotopic (exact) mass is 1510 g/mol. The zero-order chi connectivity index (χ0) is 79.8. The first-order valence-corrected chi connectivity index (χ1v) is 41.5. The van der Waals surface area contributed by atoms with Crippen molar-refractivity contribution in [1.29, 1.82) is 0 Å². The van der Waals surface area contributed by atoms with Gasteiger partial charge in [0.15, 0.2) is 0 Å². The van der Waals surface area contributed by atoms with Gasteiger partial charge in [0.05, 0.1) is 85.4 Å². The maximum absolute atomic E-state index is 6.05. The minimum Gasteiger partial charge on any atom is -0.377 e. The van der Waals surface area contributed by atoms with Crippen molar-refractivity contribution >= 4 is 96.1 Å². The van der Waals surface area contributed by atoms with Crippen molar-refractivity contribution in [3.8, 4) is 45.0 Å². The molecule has 115 heavy (non-hydrogen) atoms. The van der Waals surface area contributed by atoms with Gasteiger partial charge in [0.1, 0.15) is 0 Å². The number of hydrogen-bond donors (Lipinski definition) is 4. The fourth-order valence-corrected chi connectivity index (χ4v) is 19.1. The zero-order valence-corrected chi connectivity index (χ0v) is 69.2. The number of nitrogens with one attached hydrogen (secondary N) is 4. The highest BCUT2D eigenvalue weighted by Gasteiger charge is 2.41. The van der Waals surface area contributed by atoms with Crippen molar-refractivity contribution in [3.05, 3.63) is 299 Å². The molecular weight excluding hydrogens is 1410 g/mol. The molecule has 0 aliphatic carbocycles. The summed E-state index contributed by atoms with van der Waals surface area (Å²) in [5.74, 6) is 0.0877. The van der Waals surface area contributed by atoms with Crippen LogP contribution in [0.1, 0.15) is 189 Å². The first kappa shape index (κ1) is 75.2. The van der Waals surface area contributed by atoms with Crippen LogP contribution in [0.2, 0.25) is 0 Å². The van der Waals surface area contributed by atoms with Gasteiger partial charge in [0.25, 0.3) is 0 Å². The number of anilines is 3. The van der Waals surface area contributed by atoms with Gasteiger partial charge in [-0.1, -0.05) is 122 Å². The second-order valence-corrected chi connectivity index (χ2v) is 31.2. The van der Waals surface area contributed by atoms with E-state index in [0.717, 1.165) is 220 Å². The number of para-hydroxylation sites is 1. The Morgan fingerprint density at radius 3 is 1.55 bits per heavy atom. The van der Waals surface area contributed by atoms with E-state index in [1.807, 2.05) is 61.2 Å². The lowest BCUT2D eigenvalue weighted by Gasteiger charge is -2.28. The van der Waals surface area contributed by atoms with Crippen LogP contribution in [0.4, 0.5) is 17.1 Å². The number of aliphatic imine (C=N–C) groups is 2. The fraction of sp³-hybridized carbons (Fsp3) is 0.255. The quantitative estimate of drug-likeness (QED) is 0.0700. The molecule has 3 aromatic carbocycles. The summed E-state index contributed by atoms with van der Waals surface area (Å²) in [6.45, 7) is 36.3. The van der Waals surface area contributed by atoms with Crippen LogP contribution < -0.4 is 20.9 Å². The molecule has 13 heteroatoms. The van der Waals surface area contributed by atoms with Gasteiger partial charge in [-0.25, -0.2) is 20.0 Å². The number of aryl methyl sites for hydroxylation is 4. The number of rotatable bonds is 17. The van der Waals surface area contributed by atoms with Gasteiger partial charge in [-0.2, -0.15) is 0 Å². The average molecular weight is 1510 g/mol. The number of fused-ring (bicyclic) bond motifs is 14. The highest BCUT2D eigenvalue weighted by molar-refractivity contribution is 6.25. The third-order valence-corrected chi connectivity index (χ3v) is 25.2. The number of H-pyrrole nitrogens is 3. The molecule has 2 atom stereocenters. The van der Waals surface area contributed by atoms with Gasteiger partial charge in [-0.05, 0) is 299 Å². The predicted molar refractivity (Wildman–Crippen MR) is 480 cm³/mol. The molecule has 0 saturated carbocycles. The van der Waals surface area contributed by atoms with Crippen LogP contribution in [0.3, 0.4) is 0 Å². The summed E-state index contributed by atoms with van der Waals surface area (Å²) in [4.78, 5) is 57.4. The van der Waals surface area contributed by atoms with Gasteiger partial charge in [0.2, 0.25) is 0 Å². The Balaban J connectivity index is 0.851. The molecule has 0 saturated heterocycles. The van der Waals surface area contributed by atoms with Gasteiger partial charge in [-0.15, -0.1) is 0 Å². The first-order chi connectivity index (χ1) is 56.0. The van der Waals surface area contributed by atoms with Crippen LogP contribution in [-0.4, -0.2) is 62.3 Å². The Bertz CT molecular complexity index is 6420. The molecule has 6 aliphatic heterocycles. The summed E-state index contributed by atoms with van der Waals surface area (Å²) in [6, 6.07) is 54.3. The SMILES string of the molecule is CCC1=C(C)/C2=C(\c3ccc(-c4ccccn4)nc3)C3=C(C)C(CC)C(N3)/C(c3ccc(N(c4ccccc4)c4ccc(-c5c6nc(c(-c7ccc(-c8ccccn8)nc7)c7[nH]c(cc8nc(cc9[nH]c5c(CC)c9C)C(C)=C8CC)c(CC)c7C)C(C)=C6CC)cc4)cc3)=C3N=C(/C=c4\[nH]/c(c(CC)c4C)=C\C1=N2)C(C)=C\3CC. The number of allylic oxidation sites excluding steroid dienone is 9. The van der Waals surface area contributed by atoms with E-state index < -0.39 is 0 Å². The highest BCUT2D eigenvalue weighted by Crippen LogP contribution is 2.51. The van der Waals surface area contributed by atoms with E-state index in [1.165, 1.54) is 83.5 Å². The zero-order valence-electron chi connectivity index (χ0n) is 69.2. The summed E-state index contributed by atoms with van der Waals surface area (Å²) in [7, 11) is 0. The van der Waals surface area contributed by atoms with E-state index >= 15 is 0 Å². The summed E-state index contributed by atoms with van der Waals surface area (Å²) in [5, 5.41) is 6.51. The molecule has 0 radical (unpaired) electrons. The van der Waals surface area contributed by atoms with Crippen molar-refractivity contribution in [2.75, 3.05) is 4.90 Å². The molecule has 0 fully saturated rings. The lowest BCUT2D eigenvalue weighted by Crippen LogP contribution is -2.31. The highest BCUT2D eigenvalue weighted by atomic mass is 15.1. The summed E-state index contributed by atoms with van der Waals surface area (Å²) in [5.41, 5.74) is 46.1. The summed E-state index contributed by atoms with van der Waals surface area (Å²) >= 11 is 0. The lowest BCUT2D eigenvalue weighted by atomic mass is 9.82. The normalized spacial score (nSPS) is 18.0. The Morgan fingerprint density at radius 1 is 0.383 bits per heavy atom. The van der Waals surface area contributed by atoms with Crippen LogP contribution in [0.15, 0.2) is 231 Å². The maximum Gasteiger partial charge on any atom is 0.0886 e. The van der Waals surface area contributed by atoms with Crippen molar-refractivity contribution < 1.29 is 0 Å². The van der Waals surface area contributed by atoms with Gasteiger partial charge < -0.3 is 25.2 Å². The van der Waals surface area contributed by atoms with Crippen LogP contribution in [0, 0.1) is 26.7 Å². The second-order valence-electron chi connectivity index (χ2n) is 31.2. The molecule has 8 aromatic heterocycles. The van der Waals surface area contributed by atoms with E-state index in [9.17, 15) is 0 Å². The molecule has 0 spiro atoms. The van der Waals surface area contributed by atoms with Crippen LogP contribution >= 0.6 is 0 Å². The topological polar surface area (TPSA) is 165 Å². The Morgan fingerprint density at radius 2 is 0.948 bits per heavy atom. The molecule has 6 aliphatic rings. The molecule has 4 N–H and O–H groups in total. The number of pyridine rings is 4. The van der Waals surface area contributed by atoms with Crippen molar-refractivity contribution in [1.82, 2.24) is 50.2 Å². The minimum absolute atomic E-state index is 0.0877. The van der Waals surface area contributed by atoms with Crippen molar-refractivity contribution in [3.63, 3.8) is 0 Å². The lowest BCUT2D eigenvalue weighted by molar-refractivity contribution is 0.533. The van der Waals surface area contributed by atoms with Gasteiger partial charge in [-0.3, -0.25) is 19.9 Å².